The summed E-state index contributed by atoms with van der Waals surface area (Å²) in [6.07, 6.45) is 1.52. The molecular formula is C22H25FN6O4. The summed E-state index contributed by atoms with van der Waals surface area (Å²) >= 11 is 0. The van der Waals surface area contributed by atoms with E-state index in [1.54, 1.807) is 36.0 Å². The van der Waals surface area contributed by atoms with Gasteiger partial charge in [0.2, 0.25) is 5.82 Å². The predicted molar refractivity (Wildman–Crippen MR) is 118 cm³/mol. The van der Waals surface area contributed by atoms with Gasteiger partial charge < -0.3 is 18.6 Å². The maximum atomic E-state index is 14.2. The Labute approximate surface area is 188 Å². The van der Waals surface area contributed by atoms with Gasteiger partial charge in [-0.05, 0) is 32.0 Å². The average molecular weight is 456 g/mol. The Morgan fingerprint density at radius 2 is 1.97 bits per heavy atom. The fourth-order valence-corrected chi connectivity index (χ4v) is 3.99. The van der Waals surface area contributed by atoms with Crippen LogP contribution in [0, 0.1) is 5.82 Å². The number of aromatic nitrogens is 5. The first kappa shape index (κ1) is 21.7. The second-order valence-corrected chi connectivity index (χ2v) is 8.49. The van der Waals surface area contributed by atoms with Gasteiger partial charge in [-0.25, -0.2) is 9.37 Å². The standard InChI is InChI=1S/C22H25FN6O4/c1-22(2,31-3)21-25-19(26-33-21)17-18-20(30)28(7-6-27-8-10-32-11-9-27)16-12-14(23)4-5-15(16)29(18)13-24-17/h4-5,12-13H,6-11H2,1-3H3. The molecule has 0 bridgehead atoms. The third-order valence-corrected chi connectivity index (χ3v) is 6.11. The van der Waals surface area contributed by atoms with Crippen molar-refractivity contribution >= 4 is 16.6 Å². The van der Waals surface area contributed by atoms with Crippen LogP contribution in [0.2, 0.25) is 0 Å². The summed E-state index contributed by atoms with van der Waals surface area (Å²) in [4.78, 5) is 24.7. The van der Waals surface area contributed by atoms with Gasteiger partial charge in [0, 0.05) is 33.3 Å². The maximum absolute atomic E-state index is 14.2. The lowest BCUT2D eigenvalue weighted by Crippen LogP contribution is -2.39. The van der Waals surface area contributed by atoms with E-state index in [-0.39, 0.29) is 17.3 Å². The molecule has 1 aliphatic heterocycles. The molecule has 11 heteroatoms. The molecule has 33 heavy (non-hydrogen) atoms. The highest BCUT2D eigenvalue weighted by molar-refractivity contribution is 5.83. The van der Waals surface area contributed by atoms with E-state index in [1.807, 2.05) is 0 Å². The number of ether oxygens (including phenoxy) is 2. The van der Waals surface area contributed by atoms with Crippen molar-refractivity contribution in [2.75, 3.05) is 40.0 Å². The molecule has 0 saturated carbocycles. The number of halogens is 1. The highest BCUT2D eigenvalue weighted by atomic mass is 19.1. The van der Waals surface area contributed by atoms with Crippen molar-refractivity contribution in [2.24, 2.45) is 0 Å². The number of morpholine rings is 1. The summed E-state index contributed by atoms with van der Waals surface area (Å²) in [5.41, 5.74) is 0.674. The van der Waals surface area contributed by atoms with Gasteiger partial charge in [0.25, 0.3) is 11.4 Å². The van der Waals surface area contributed by atoms with Crippen molar-refractivity contribution in [3.05, 3.63) is 46.6 Å². The lowest BCUT2D eigenvalue weighted by atomic mass is 10.1. The van der Waals surface area contributed by atoms with Crippen LogP contribution >= 0.6 is 0 Å². The van der Waals surface area contributed by atoms with Crippen LogP contribution in [0.25, 0.3) is 28.1 Å². The Morgan fingerprint density at radius 1 is 1.18 bits per heavy atom. The molecule has 0 unspecified atom stereocenters. The lowest BCUT2D eigenvalue weighted by Gasteiger charge is -2.27. The first-order valence-corrected chi connectivity index (χ1v) is 10.8. The molecule has 10 nitrogen and oxygen atoms in total. The molecule has 0 amide bonds. The summed E-state index contributed by atoms with van der Waals surface area (Å²) in [5.74, 6) is 0.0545. The second-order valence-electron chi connectivity index (χ2n) is 8.49. The van der Waals surface area contributed by atoms with Crippen LogP contribution in [0.5, 0.6) is 0 Å². The lowest BCUT2D eigenvalue weighted by molar-refractivity contribution is -0.00786. The Bertz CT molecular complexity index is 1370. The zero-order valence-corrected chi connectivity index (χ0v) is 18.7. The van der Waals surface area contributed by atoms with Crippen LogP contribution in [-0.4, -0.2) is 69.0 Å². The van der Waals surface area contributed by atoms with Crippen LogP contribution in [-0.2, 0) is 21.6 Å². The smallest absolute Gasteiger partial charge is 0.277 e. The van der Waals surface area contributed by atoms with E-state index >= 15 is 0 Å². The fraction of sp³-hybridized carbons (Fsp3) is 0.455. The van der Waals surface area contributed by atoms with Crippen molar-refractivity contribution in [1.82, 2.24) is 29.0 Å². The van der Waals surface area contributed by atoms with Crippen molar-refractivity contribution in [1.29, 1.82) is 0 Å². The quantitative estimate of drug-likeness (QED) is 0.435. The summed E-state index contributed by atoms with van der Waals surface area (Å²) in [6, 6.07) is 4.39. The van der Waals surface area contributed by atoms with Gasteiger partial charge >= 0.3 is 0 Å². The zero-order chi connectivity index (χ0) is 23.2. The molecule has 0 atom stereocenters. The van der Waals surface area contributed by atoms with E-state index in [2.05, 4.69) is 20.0 Å². The Balaban J connectivity index is 1.65. The number of benzene rings is 1. The molecule has 0 aliphatic carbocycles. The largest absolute Gasteiger partial charge is 0.379 e. The van der Waals surface area contributed by atoms with Crippen LogP contribution < -0.4 is 5.56 Å². The third kappa shape index (κ3) is 3.81. The molecule has 3 aromatic heterocycles. The number of hydrogen-bond donors (Lipinski definition) is 0. The van der Waals surface area contributed by atoms with E-state index in [0.29, 0.717) is 48.5 Å². The number of methoxy groups -OCH3 is 1. The molecule has 1 fully saturated rings. The number of rotatable bonds is 6. The Kier molecular flexibility index (Phi) is 5.47. The SMILES string of the molecule is COC(C)(C)c1nc(-c2ncn3c2c(=O)n(CCN2CCOCC2)c2cc(F)ccc23)no1. The topological polar surface area (TPSA) is 99.9 Å². The van der Waals surface area contributed by atoms with Gasteiger partial charge in [-0.3, -0.25) is 14.1 Å². The summed E-state index contributed by atoms with van der Waals surface area (Å²) < 4.78 is 33.6. The molecule has 1 aromatic carbocycles. The molecular weight excluding hydrogens is 431 g/mol. The first-order chi connectivity index (χ1) is 15.9. The summed E-state index contributed by atoms with van der Waals surface area (Å²) in [5, 5.41) is 4.04. The normalized spacial score (nSPS) is 15.6. The zero-order valence-electron chi connectivity index (χ0n) is 18.7. The molecule has 0 radical (unpaired) electrons. The molecule has 4 heterocycles. The van der Waals surface area contributed by atoms with Gasteiger partial charge in [-0.1, -0.05) is 5.16 Å². The number of fused-ring (bicyclic) bond motifs is 3. The van der Waals surface area contributed by atoms with Crippen molar-refractivity contribution in [2.45, 2.75) is 26.0 Å². The Morgan fingerprint density at radius 3 is 2.73 bits per heavy atom. The van der Waals surface area contributed by atoms with Gasteiger partial charge in [-0.15, -0.1) is 0 Å². The fourth-order valence-electron chi connectivity index (χ4n) is 3.99. The van der Waals surface area contributed by atoms with Gasteiger partial charge in [0.05, 0.1) is 24.2 Å². The minimum absolute atomic E-state index is 0.191. The van der Waals surface area contributed by atoms with E-state index in [1.165, 1.54) is 18.5 Å². The van der Waals surface area contributed by atoms with Crippen LogP contribution in [0.15, 0.2) is 33.8 Å². The molecule has 1 aliphatic rings. The van der Waals surface area contributed by atoms with E-state index in [9.17, 15) is 9.18 Å². The minimum Gasteiger partial charge on any atom is -0.379 e. The number of hydrogen-bond acceptors (Lipinski definition) is 8. The van der Waals surface area contributed by atoms with Crippen molar-refractivity contribution < 1.29 is 18.4 Å². The van der Waals surface area contributed by atoms with Gasteiger partial charge in [-0.2, -0.15) is 4.98 Å². The van der Waals surface area contributed by atoms with Crippen molar-refractivity contribution in [3.63, 3.8) is 0 Å². The monoisotopic (exact) mass is 456 g/mol. The molecule has 4 aromatic rings. The van der Waals surface area contributed by atoms with E-state index < -0.39 is 11.4 Å². The van der Waals surface area contributed by atoms with Gasteiger partial charge in [0.15, 0.2) is 0 Å². The molecule has 0 N–H and O–H groups in total. The number of nitrogens with zero attached hydrogens (tertiary/aromatic N) is 6. The first-order valence-electron chi connectivity index (χ1n) is 10.8. The molecule has 1 saturated heterocycles. The average Bonchev–Trinajstić information content (AvgIpc) is 3.48. The highest BCUT2D eigenvalue weighted by Gasteiger charge is 2.29. The molecule has 5 rings (SSSR count). The van der Waals surface area contributed by atoms with Crippen LogP contribution in [0.3, 0.4) is 0 Å². The molecule has 0 spiro atoms. The van der Waals surface area contributed by atoms with Crippen LogP contribution in [0.4, 0.5) is 4.39 Å². The van der Waals surface area contributed by atoms with E-state index in [0.717, 1.165) is 13.1 Å². The highest BCUT2D eigenvalue weighted by Crippen LogP contribution is 2.27. The van der Waals surface area contributed by atoms with Crippen molar-refractivity contribution in [3.8, 4) is 11.5 Å². The minimum atomic E-state index is -0.788. The predicted octanol–water partition coefficient (Wildman–Crippen LogP) is 2.05. The number of imidazole rings is 1. The van der Waals surface area contributed by atoms with Gasteiger partial charge in [0.1, 0.15) is 29.0 Å². The summed E-state index contributed by atoms with van der Waals surface area (Å²) in [6.45, 7) is 7.55. The Hall–Kier alpha value is -3.15. The van der Waals surface area contributed by atoms with E-state index in [4.69, 9.17) is 14.0 Å². The summed E-state index contributed by atoms with van der Waals surface area (Å²) in [7, 11) is 1.55. The van der Waals surface area contributed by atoms with Crippen LogP contribution in [0.1, 0.15) is 19.7 Å². The second kappa shape index (κ2) is 8.32. The third-order valence-electron chi connectivity index (χ3n) is 6.11. The maximum Gasteiger partial charge on any atom is 0.277 e. The molecule has 174 valence electrons.